The average Bonchev–Trinajstić information content (AvgIpc) is 2.68. The van der Waals surface area contributed by atoms with E-state index in [4.69, 9.17) is 9.47 Å². The summed E-state index contributed by atoms with van der Waals surface area (Å²) in [5, 5.41) is 17.9. The van der Waals surface area contributed by atoms with Crippen LogP contribution in [0.25, 0.3) is 11.1 Å². The predicted octanol–water partition coefficient (Wildman–Crippen LogP) is 4.01. The third-order valence-electron chi connectivity index (χ3n) is 5.18. The van der Waals surface area contributed by atoms with E-state index in [1.54, 1.807) is 18.2 Å². The molecule has 8 heteroatoms. The summed E-state index contributed by atoms with van der Waals surface area (Å²) in [4.78, 5) is 22.5. The van der Waals surface area contributed by atoms with Crippen molar-refractivity contribution in [2.75, 3.05) is 20.8 Å². The minimum atomic E-state index is -0.288. The molecule has 0 fully saturated rings. The molecule has 2 aromatic carbocycles. The Bertz CT molecular complexity index is 928. The number of benzene rings is 2. The van der Waals surface area contributed by atoms with Crippen LogP contribution < -0.4 is 9.47 Å². The molecule has 1 aliphatic carbocycles. The maximum Gasteiger partial charge on any atom is 0.156 e. The highest BCUT2D eigenvalue weighted by atomic mass is 16.5. The Labute approximate surface area is 149 Å². The highest BCUT2D eigenvalue weighted by Gasteiger charge is 2.37. The average molecular weight is 355 g/mol. The first kappa shape index (κ1) is 16.6. The SMILES string of the molecule is COc1cc2c(cc1N=O)CC1c3c(cc(N=O)c(OC)c3-2)CCN1O. The van der Waals surface area contributed by atoms with Crippen LogP contribution >= 0.6 is 0 Å². The molecule has 0 spiro atoms. The van der Waals surface area contributed by atoms with Crippen LogP contribution in [0.5, 0.6) is 11.5 Å². The fourth-order valence-corrected chi connectivity index (χ4v) is 4.05. The molecule has 26 heavy (non-hydrogen) atoms. The summed E-state index contributed by atoms with van der Waals surface area (Å²) in [7, 11) is 2.95. The van der Waals surface area contributed by atoms with E-state index in [2.05, 4.69) is 10.4 Å². The van der Waals surface area contributed by atoms with Crippen LogP contribution in [0.15, 0.2) is 28.6 Å². The van der Waals surface area contributed by atoms with Gasteiger partial charge in [0.15, 0.2) is 11.4 Å². The van der Waals surface area contributed by atoms with E-state index in [0.717, 1.165) is 22.3 Å². The number of rotatable bonds is 4. The highest BCUT2D eigenvalue weighted by molar-refractivity contribution is 5.87. The van der Waals surface area contributed by atoms with Gasteiger partial charge in [-0.2, -0.15) is 5.06 Å². The molecule has 8 nitrogen and oxygen atoms in total. The van der Waals surface area contributed by atoms with Crippen LogP contribution in [0, 0.1) is 9.81 Å². The second-order valence-corrected chi connectivity index (χ2v) is 6.37. The van der Waals surface area contributed by atoms with E-state index in [-0.39, 0.29) is 17.4 Å². The Balaban J connectivity index is 2.10. The first-order valence-corrected chi connectivity index (χ1v) is 8.20. The molecule has 4 rings (SSSR count). The van der Waals surface area contributed by atoms with E-state index >= 15 is 0 Å². The lowest BCUT2D eigenvalue weighted by Gasteiger charge is -2.39. The van der Waals surface area contributed by atoms with E-state index in [9.17, 15) is 15.0 Å². The first-order valence-electron chi connectivity index (χ1n) is 8.20. The van der Waals surface area contributed by atoms with E-state index in [1.807, 2.05) is 0 Å². The van der Waals surface area contributed by atoms with Crippen molar-refractivity contribution in [1.82, 2.24) is 5.06 Å². The fourth-order valence-electron chi connectivity index (χ4n) is 4.05. The van der Waals surface area contributed by atoms with Gasteiger partial charge in [-0.3, -0.25) is 0 Å². The summed E-state index contributed by atoms with van der Waals surface area (Å²) < 4.78 is 10.8. The van der Waals surface area contributed by atoms with Gasteiger partial charge < -0.3 is 14.7 Å². The molecule has 2 aliphatic rings. The molecule has 0 bridgehead atoms. The Morgan fingerprint density at radius 3 is 2.46 bits per heavy atom. The van der Waals surface area contributed by atoms with Gasteiger partial charge in [-0.25, -0.2) is 0 Å². The summed E-state index contributed by atoms with van der Waals surface area (Å²) >= 11 is 0. The van der Waals surface area contributed by atoms with Gasteiger partial charge in [-0.05, 0) is 63.6 Å². The molecule has 2 aromatic rings. The number of ether oxygens (including phenoxy) is 2. The zero-order valence-corrected chi connectivity index (χ0v) is 14.4. The monoisotopic (exact) mass is 355 g/mol. The van der Waals surface area contributed by atoms with Crippen molar-refractivity contribution in [3.8, 4) is 22.6 Å². The second kappa shape index (κ2) is 6.15. The molecule has 1 aliphatic heterocycles. The predicted molar refractivity (Wildman–Crippen MR) is 94.5 cm³/mol. The maximum atomic E-state index is 11.4. The topological polar surface area (TPSA) is 101 Å². The Morgan fingerprint density at radius 1 is 1.08 bits per heavy atom. The molecule has 0 saturated heterocycles. The summed E-state index contributed by atoms with van der Waals surface area (Å²) in [5.74, 6) is 0.697. The van der Waals surface area contributed by atoms with Crippen LogP contribution in [0.2, 0.25) is 0 Å². The van der Waals surface area contributed by atoms with Gasteiger partial charge in [0.1, 0.15) is 11.4 Å². The molecular weight excluding hydrogens is 338 g/mol. The van der Waals surface area contributed by atoms with Crippen LogP contribution in [0.3, 0.4) is 0 Å². The fraction of sp³-hybridized carbons (Fsp3) is 0.333. The third-order valence-corrected chi connectivity index (χ3v) is 5.18. The molecular formula is C18H17N3O5. The number of methoxy groups -OCH3 is 2. The van der Waals surface area contributed by atoms with E-state index in [1.165, 1.54) is 19.3 Å². The van der Waals surface area contributed by atoms with Crippen LogP contribution in [-0.2, 0) is 12.8 Å². The quantitative estimate of drug-likeness (QED) is 0.832. The van der Waals surface area contributed by atoms with Crippen LogP contribution in [0.4, 0.5) is 11.4 Å². The molecule has 1 N–H and O–H groups in total. The van der Waals surface area contributed by atoms with Crippen molar-refractivity contribution < 1.29 is 14.7 Å². The summed E-state index contributed by atoms with van der Waals surface area (Å²) in [5.41, 5.74) is 4.62. The number of hydroxylamine groups is 2. The molecule has 0 amide bonds. The van der Waals surface area contributed by atoms with Gasteiger partial charge in [-0.1, -0.05) is 0 Å². The van der Waals surface area contributed by atoms with E-state index in [0.29, 0.717) is 36.4 Å². The van der Waals surface area contributed by atoms with Crippen LogP contribution in [0.1, 0.15) is 22.7 Å². The van der Waals surface area contributed by atoms with Crippen molar-refractivity contribution in [2.24, 2.45) is 10.4 Å². The highest BCUT2D eigenvalue weighted by Crippen LogP contribution is 2.53. The Morgan fingerprint density at radius 2 is 1.81 bits per heavy atom. The van der Waals surface area contributed by atoms with E-state index < -0.39 is 0 Å². The lowest BCUT2D eigenvalue weighted by Crippen LogP contribution is -2.36. The van der Waals surface area contributed by atoms with Gasteiger partial charge in [0, 0.05) is 12.1 Å². The summed E-state index contributed by atoms with van der Waals surface area (Å²) in [6.07, 6.45) is 1.11. The van der Waals surface area contributed by atoms with Crippen molar-refractivity contribution in [2.45, 2.75) is 18.9 Å². The first-order chi connectivity index (χ1) is 12.6. The van der Waals surface area contributed by atoms with Gasteiger partial charge in [-0.15, -0.1) is 9.81 Å². The number of nitroso groups, excluding NO2 is 2. The second-order valence-electron chi connectivity index (χ2n) is 6.37. The zero-order valence-electron chi connectivity index (χ0n) is 14.4. The maximum absolute atomic E-state index is 11.4. The standard InChI is InChI=1S/C18H17N3O5/c1-25-15-8-11-10(6-12(15)19-22)7-14-16-9(3-4-21(14)24)5-13(20-23)18(26-2)17(11)16/h5-6,8,14,24H,3-4,7H2,1-2H3. The lowest BCUT2D eigenvalue weighted by molar-refractivity contribution is -0.133. The molecule has 134 valence electrons. The summed E-state index contributed by atoms with van der Waals surface area (Å²) in [6.45, 7) is 0.450. The van der Waals surface area contributed by atoms with Crippen LogP contribution in [-0.4, -0.2) is 31.0 Å². The minimum absolute atomic E-state index is 0.193. The van der Waals surface area contributed by atoms with Gasteiger partial charge in [0.2, 0.25) is 0 Å². The molecule has 0 radical (unpaired) electrons. The largest absolute Gasteiger partial charge is 0.494 e. The molecule has 0 aromatic heterocycles. The third kappa shape index (κ3) is 2.23. The minimum Gasteiger partial charge on any atom is -0.494 e. The molecule has 1 atom stereocenters. The normalized spacial score (nSPS) is 17.9. The molecule has 0 saturated carbocycles. The molecule has 1 heterocycles. The number of nitrogens with zero attached hydrogens (tertiary/aromatic N) is 3. The number of hydrogen-bond acceptors (Lipinski definition) is 8. The lowest BCUT2D eigenvalue weighted by atomic mass is 9.76. The van der Waals surface area contributed by atoms with Gasteiger partial charge >= 0.3 is 0 Å². The molecule has 1 unspecified atom stereocenters. The van der Waals surface area contributed by atoms with Crippen molar-refractivity contribution in [3.63, 3.8) is 0 Å². The van der Waals surface area contributed by atoms with Crippen molar-refractivity contribution in [1.29, 1.82) is 0 Å². The number of hydrogen-bond donors (Lipinski definition) is 1. The van der Waals surface area contributed by atoms with Crippen molar-refractivity contribution in [3.05, 3.63) is 44.7 Å². The van der Waals surface area contributed by atoms with Gasteiger partial charge in [0.25, 0.3) is 0 Å². The zero-order chi connectivity index (χ0) is 18.4. The van der Waals surface area contributed by atoms with Gasteiger partial charge in [0.05, 0.1) is 20.3 Å². The Hall–Kier alpha value is -2.84. The number of fused-ring (bicyclic) bond motifs is 2. The summed E-state index contributed by atoms with van der Waals surface area (Å²) in [6, 6.07) is 4.83. The Kier molecular flexibility index (Phi) is 3.93. The smallest absolute Gasteiger partial charge is 0.156 e. The van der Waals surface area contributed by atoms with Crippen molar-refractivity contribution >= 4 is 11.4 Å².